The number of hydrogen-bond acceptors (Lipinski definition) is 8. The van der Waals surface area contributed by atoms with Crippen LogP contribution in [-0.4, -0.2) is 11.8 Å². The first-order chi connectivity index (χ1) is 13.2. The van der Waals surface area contributed by atoms with E-state index in [0.717, 1.165) is 0 Å². The summed E-state index contributed by atoms with van der Waals surface area (Å²) in [4.78, 5) is 41.6. The van der Waals surface area contributed by atoms with E-state index >= 15 is 0 Å². The first-order valence-electron chi connectivity index (χ1n) is 7.55. The monoisotopic (exact) mass is 472 g/mol. The van der Waals surface area contributed by atoms with Crippen LogP contribution in [-0.2, 0) is 18.7 Å². The summed E-state index contributed by atoms with van der Waals surface area (Å²) in [6.45, 7) is 2.78. The third-order valence-corrected chi connectivity index (χ3v) is 3.43. The topological polar surface area (TPSA) is 157 Å². The van der Waals surface area contributed by atoms with Gasteiger partial charge < -0.3 is 20.4 Å². The molecule has 0 bridgehead atoms. The first-order valence-corrected chi connectivity index (χ1v) is 9.75. The van der Waals surface area contributed by atoms with Gasteiger partial charge in [0.05, 0.1) is 0 Å². The quantitative estimate of drug-likeness (QED) is 0.319. The van der Waals surface area contributed by atoms with Crippen molar-refractivity contribution in [3.8, 4) is 11.5 Å². The van der Waals surface area contributed by atoms with Gasteiger partial charge in [0.15, 0.2) is 11.5 Å². The van der Waals surface area contributed by atoms with Crippen molar-refractivity contribution in [2.45, 2.75) is 13.8 Å². The molecule has 0 aliphatic rings. The Labute approximate surface area is 219 Å². The number of rotatable bonds is 6. The number of hydrogen-bond donors (Lipinski definition) is 2. The number of amides is 2. The Balaban J connectivity index is 0. The molecule has 0 spiro atoms. The molecule has 0 saturated carbocycles. The van der Waals surface area contributed by atoms with Crippen molar-refractivity contribution in [2.75, 3.05) is 10.6 Å². The smallest absolute Gasteiger partial charge is 0.558 e. The third kappa shape index (κ3) is 15.0. The van der Waals surface area contributed by atoms with Crippen LogP contribution in [0.5, 0.6) is 11.5 Å². The zero-order valence-electron chi connectivity index (χ0n) is 16.8. The molecule has 0 saturated heterocycles. The predicted octanol–water partition coefficient (Wildman–Crippen LogP) is -3.91. The van der Waals surface area contributed by atoms with Gasteiger partial charge in [0.25, 0.3) is 0 Å². The first kappa shape index (κ1) is 31.3. The second-order valence-electron chi connectivity index (χ2n) is 5.04. The maximum Gasteiger partial charge on any atom is 1.00 e. The number of carbonyl (C=O) groups excluding carboxylic acids is 2. The molecule has 148 valence electrons. The second-order valence-corrected chi connectivity index (χ2v) is 6.30. The van der Waals surface area contributed by atoms with Crippen LogP contribution in [0.15, 0.2) is 48.5 Å². The molecule has 30 heavy (non-hydrogen) atoms. The zero-order chi connectivity index (χ0) is 21.1. The standard InChI is InChI=1S/2C8H8NO4P.2Na/c2*1-6(10)9-7-2-4-8(5-3-7)13-14(11)12;;/h2*2-5H,1H3,(H,9,10);;/q;;2*+1. The molecule has 2 unspecified atom stereocenters. The van der Waals surface area contributed by atoms with E-state index in [1.54, 1.807) is 24.3 Å². The molecule has 0 aliphatic heterocycles. The molecule has 0 radical (unpaired) electrons. The van der Waals surface area contributed by atoms with Gasteiger partial charge in [-0.1, -0.05) is 0 Å². The molecule has 2 rings (SSSR count). The van der Waals surface area contributed by atoms with E-state index < -0.39 is 16.5 Å². The molecule has 10 nitrogen and oxygen atoms in total. The van der Waals surface area contributed by atoms with Gasteiger partial charge in [-0.15, -0.1) is 0 Å². The van der Waals surface area contributed by atoms with Gasteiger partial charge in [-0.2, -0.15) is 0 Å². The van der Waals surface area contributed by atoms with Crippen molar-refractivity contribution >= 4 is 39.7 Å². The van der Waals surface area contributed by atoms with Crippen LogP contribution in [0.25, 0.3) is 0 Å². The molecule has 2 aromatic rings. The van der Waals surface area contributed by atoms with Crippen LogP contribution in [0.3, 0.4) is 0 Å². The third-order valence-electron chi connectivity index (χ3n) is 2.71. The molecule has 2 N–H and O–H groups in total. The molecule has 14 heteroatoms. The fourth-order valence-corrected chi connectivity index (χ4v) is 2.36. The summed E-state index contributed by atoms with van der Waals surface area (Å²) in [6, 6.07) is 12.0. The van der Waals surface area contributed by atoms with Crippen molar-refractivity contribution in [2.24, 2.45) is 0 Å². The van der Waals surface area contributed by atoms with E-state index in [9.17, 15) is 28.5 Å². The second kappa shape index (κ2) is 16.8. The van der Waals surface area contributed by atoms with Crippen molar-refractivity contribution in [1.82, 2.24) is 0 Å². The Kier molecular flexibility index (Phi) is 17.5. The summed E-state index contributed by atoms with van der Waals surface area (Å²) in [7, 11) is -5.78. The minimum absolute atomic E-state index is 0. The van der Waals surface area contributed by atoms with E-state index in [1.165, 1.54) is 38.1 Å². The molecular formula is C16H16N2Na2O8P2+2. The van der Waals surface area contributed by atoms with Crippen LogP contribution in [0.4, 0.5) is 11.4 Å². The zero-order valence-corrected chi connectivity index (χ0v) is 22.6. The Morgan fingerprint density at radius 1 is 0.700 bits per heavy atom. The number of benzene rings is 2. The van der Waals surface area contributed by atoms with Gasteiger partial charge in [-0.05, 0) is 57.7 Å². The van der Waals surface area contributed by atoms with Gasteiger partial charge >= 0.3 is 75.6 Å². The van der Waals surface area contributed by atoms with E-state index in [2.05, 4.69) is 19.7 Å². The Hall–Kier alpha value is -0.900. The van der Waals surface area contributed by atoms with E-state index in [1.807, 2.05) is 0 Å². The fourth-order valence-electron chi connectivity index (χ4n) is 1.78. The minimum atomic E-state index is -2.89. The minimum Gasteiger partial charge on any atom is -0.558 e. The van der Waals surface area contributed by atoms with Crippen molar-refractivity contribution < 1.29 is 96.7 Å². The molecule has 0 heterocycles. The fraction of sp³-hybridized carbons (Fsp3) is 0.125. The Morgan fingerprint density at radius 2 is 0.967 bits per heavy atom. The van der Waals surface area contributed by atoms with Crippen LogP contribution in [0, 0.1) is 0 Å². The molecule has 2 amide bonds. The molecular weight excluding hydrogens is 456 g/mol. The van der Waals surface area contributed by atoms with Gasteiger partial charge in [-0.3, -0.25) is 18.6 Å². The van der Waals surface area contributed by atoms with Crippen molar-refractivity contribution in [1.29, 1.82) is 0 Å². The predicted molar refractivity (Wildman–Crippen MR) is 98.0 cm³/mol. The number of nitrogens with one attached hydrogen (secondary N) is 2. The van der Waals surface area contributed by atoms with Crippen LogP contribution in [0.1, 0.15) is 13.8 Å². The maximum atomic E-state index is 10.6. The van der Waals surface area contributed by atoms with E-state index in [0.29, 0.717) is 11.4 Å². The summed E-state index contributed by atoms with van der Waals surface area (Å²) < 4.78 is 29.2. The normalized spacial score (nSPS) is 9.87. The van der Waals surface area contributed by atoms with Gasteiger partial charge in [0, 0.05) is 25.2 Å². The number of carbonyl (C=O) groups is 2. The summed E-state index contributed by atoms with van der Waals surface area (Å²) in [5, 5.41) is 5.08. The Bertz CT molecular complexity index is 710. The largest absolute Gasteiger partial charge is 1.00 e. The average Bonchev–Trinajstić information content (AvgIpc) is 2.57. The van der Waals surface area contributed by atoms with Crippen molar-refractivity contribution in [3.63, 3.8) is 0 Å². The summed E-state index contributed by atoms with van der Waals surface area (Å²) in [5.41, 5.74) is 1.18. The van der Waals surface area contributed by atoms with Crippen molar-refractivity contribution in [3.05, 3.63) is 48.5 Å². The van der Waals surface area contributed by atoms with Crippen LogP contribution >= 0.6 is 16.5 Å². The molecule has 0 fully saturated rings. The molecule has 2 atom stereocenters. The van der Waals surface area contributed by atoms with E-state index in [-0.39, 0.29) is 82.4 Å². The summed E-state index contributed by atoms with van der Waals surface area (Å²) >= 11 is 0. The summed E-state index contributed by atoms with van der Waals surface area (Å²) in [6.07, 6.45) is 0. The van der Waals surface area contributed by atoms with Gasteiger partial charge in [-0.25, -0.2) is 0 Å². The van der Waals surface area contributed by atoms with Gasteiger partial charge in [0.1, 0.15) is 0 Å². The summed E-state index contributed by atoms with van der Waals surface area (Å²) in [5.74, 6) is 0.0626. The molecule has 2 aromatic carbocycles. The SMILES string of the molecule is CC(=O)Nc1ccc(O[P+](=O)[O-])cc1.CC(=O)Nc1ccc(O[P+](=O)[O-])cc1.[Na+].[Na+]. The van der Waals surface area contributed by atoms with Gasteiger partial charge in [0.2, 0.25) is 11.8 Å². The maximum absolute atomic E-state index is 10.6. The Morgan fingerprint density at radius 3 is 1.17 bits per heavy atom. The molecule has 0 aromatic heterocycles. The van der Waals surface area contributed by atoms with Crippen LogP contribution < -0.4 is 88.6 Å². The van der Waals surface area contributed by atoms with Crippen LogP contribution in [0.2, 0.25) is 0 Å². The average molecular weight is 472 g/mol. The van der Waals surface area contributed by atoms with E-state index in [4.69, 9.17) is 0 Å². The molecule has 0 aliphatic carbocycles. The number of anilines is 2.